The average Bonchev–Trinajstić information content (AvgIpc) is 2.91. The lowest BCUT2D eigenvalue weighted by molar-refractivity contribution is 1.30. The Morgan fingerprint density at radius 2 is 2.00 bits per heavy atom. The molecule has 0 aliphatic heterocycles. The molecule has 0 radical (unpaired) electrons. The maximum absolute atomic E-state index is 4.00. The van der Waals surface area contributed by atoms with Crippen LogP contribution in [0.2, 0.25) is 0 Å². The molecule has 1 saturated carbocycles. The van der Waals surface area contributed by atoms with Crippen LogP contribution in [0.5, 0.6) is 0 Å². The van der Waals surface area contributed by atoms with Crippen molar-refractivity contribution in [2.24, 2.45) is 0 Å². The van der Waals surface area contributed by atoms with E-state index in [1.807, 2.05) is 12.1 Å². The van der Waals surface area contributed by atoms with Crippen LogP contribution in [0.3, 0.4) is 0 Å². The van der Waals surface area contributed by atoms with E-state index in [4.69, 9.17) is 0 Å². The first-order valence-electron chi connectivity index (χ1n) is 4.21. The molecule has 1 fully saturated rings. The van der Waals surface area contributed by atoms with Crippen LogP contribution in [0.15, 0.2) is 24.7 Å². The number of rotatable bonds is 0. The summed E-state index contributed by atoms with van der Waals surface area (Å²) in [5, 5.41) is 0. The largest absolute Gasteiger partial charge is 0.343 e. The molecule has 1 aliphatic rings. The number of fused-ring (bicyclic) bond motifs is 1. The third kappa shape index (κ3) is 1.81. The second kappa shape index (κ2) is 3.34. The minimum atomic E-state index is 0.775. The van der Waals surface area contributed by atoms with E-state index >= 15 is 0 Å². The van der Waals surface area contributed by atoms with Crippen molar-refractivity contribution in [2.75, 3.05) is 0 Å². The summed E-state index contributed by atoms with van der Waals surface area (Å²) in [6.45, 7) is 0. The van der Waals surface area contributed by atoms with Crippen LogP contribution in [-0.2, 0) is 0 Å². The van der Waals surface area contributed by atoms with E-state index < -0.39 is 0 Å². The van der Waals surface area contributed by atoms with Crippen LogP contribution in [0.1, 0.15) is 19.3 Å². The molecule has 0 bridgehead atoms. The van der Waals surface area contributed by atoms with E-state index in [1.165, 1.54) is 19.3 Å². The van der Waals surface area contributed by atoms with E-state index in [9.17, 15) is 0 Å². The molecular formula is C9H11N3. The van der Waals surface area contributed by atoms with Crippen LogP contribution in [0, 0.1) is 0 Å². The molecule has 2 aromatic heterocycles. The highest BCUT2D eigenvalue weighted by Gasteiger charge is 1.95. The van der Waals surface area contributed by atoms with Crippen molar-refractivity contribution >= 4 is 11.2 Å². The van der Waals surface area contributed by atoms with Gasteiger partial charge in [-0.15, -0.1) is 0 Å². The van der Waals surface area contributed by atoms with Crippen LogP contribution in [0.25, 0.3) is 11.2 Å². The first-order valence-corrected chi connectivity index (χ1v) is 4.21. The molecule has 0 saturated heterocycles. The fraction of sp³-hybridized carbons (Fsp3) is 0.333. The van der Waals surface area contributed by atoms with E-state index in [2.05, 4.69) is 15.0 Å². The molecule has 0 amide bonds. The second-order valence-electron chi connectivity index (χ2n) is 2.84. The molecule has 0 atom stereocenters. The van der Waals surface area contributed by atoms with Gasteiger partial charge in [-0.3, -0.25) is 0 Å². The molecule has 62 valence electrons. The highest BCUT2D eigenvalue weighted by molar-refractivity contribution is 5.68. The number of hydrogen-bond donors (Lipinski definition) is 1. The maximum Gasteiger partial charge on any atom is 0.177 e. The number of H-pyrrole nitrogens is 1. The van der Waals surface area contributed by atoms with Gasteiger partial charge in [-0.25, -0.2) is 9.97 Å². The summed E-state index contributed by atoms with van der Waals surface area (Å²) < 4.78 is 0. The highest BCUT2D eigenvalue weighted by atomic mass is 14.9. The molecule has 0 unspecified atom stereocenters. The van der Waals surface area contributed by atoms with E-state index in [1.54, 1.807) is 12.5 Å². The Labute approximate surface area is 70.9 Å². The van der Waals surface area contributed by atoms with E-state index in [0.717, 1.165) is 11.2 Å². The zero-order chi connectivity index (χ0) is 8.23. The van der Waals surface area contributed by atoms with Gasteiger partial charge in [-0.1, -0.05) is 19.3 Å². The summed E-state index contributed by atoms with van der Waals surface area (Å²) in [5.74, 6) is 0. The van der Waals surface area contributed by atoms with Gasteiger partial charge < -0.3 is 4.98 Å². The van der Waals surface area contributed by atoms with Crippen molar-refractivity contribution in [3.8, 4) is 0 Å². The fourth-order valence-corrected chi connectivity index (χ4v) is 0.775. The monoisotopic (exact) mass is 161 g/mol. The third-order valence-electron chi connectivity index (χ3n) is 1.55. The zero-order valence-electron chi connectivity index (χ0n) is 6.83. The number of aromatic nitrogens is 3. The fourth-order valence-electron chi connectivity index (χ4n) is 0.775. The van der Waals surface area contributed by atoms with Crippen LogP contribution in [0.4, 0.5) is 0 Å². The van der Waals surface area contributed by atoms with Crippen molar-refractivity contribution in [3.05, 3.63) is 24.7 Å². The minimum Gasteiger partial charge on any atom is -0.343 e. The smallest absolute Gasteiger partial charge is 0.177 e. The third-order valence-corrected chi connectivity index (χ3v) is 1.55. The van der Waals surface area contributed by atoms with Crippen molar-refractivity contribution in [2.45, 2.75) is 19.3 Å². The molecule has 3 rings (SSSR count). The number of nitrogens with one attached hydrogen (secondary N) is 1. The van der Waals surface area contributed by atoms with Gasteiger partial charge in [-0.05, 0) is 12.1 Å². The maximum atomic E-state index is 4.00. The number of aromatic amines is 1. The Bertz CT molecular complexity index is 318. The number of hydrogen-bond acceptors (Lipinski definition) is 2. The summed E-state index contributed by atoms with van der Waals surface area (Å²) in [6, 6.07) is 3.82. The van der Waals surface area contributed by atoms with Gasteiger partial charge in [0.2, 0.25) is 0 Å². The average molecular weight is 161 g/mol. The molecule has 1 aliphatic carbocycles. The van der Waals surface area contributed by atoms with E-state index in [0.29, 0.717) is 0 Å². The van der Waals surface area contributed by atoms with Crippen molar-refractivity contribution < 1.29 is 0 Å². The predicted octanol–water partition coefficient (Wildman–Crippen LogP) is 2.13. The minimum absolute atomic E-state index is 0.775. The summed E-state index contributed by atoms with van der Waals surface area (Å²) >= 11 is 0. The molecule has 1 N–H and O–H groups in total. The van der Waals surface area contributed by atoms with Gasteiger partial charge in [0, 0.05) is 6.20 Å². The standard InChI is InChI=1S/C6H5N3.C3H6/c1-2-5-6(7-3-1)9-4-8-5;1-2-3-1/h1-4H,(H,7,8,9);1-3H2. The zero-order valence-corrected chi connectivity index (χ0v) is 6.83. The van der Waals surface area contributed by atoms with Gasteiger partial charge in [0.05, 0.1) is 11.8 Å². The summed E-state index contributed by atoms with van der Waals surface area (Å²) in [7, 11) is 0. The predicted molar refractivity (Wildman–Crippen MR) is 47.7 cm³/mol. The van der Waals surface area contributed by atoms with Crippen molar-refractivity contribution in [3.63, 3.8) is 0 Å². The molecule has 2 heterocycles. The second-order valence-corrected chi connectivity index (χ2v) is 2.84. The Hall–Kier alpha value is -1.38. The molecular weight excluding hydrogens is 150 g/mol. The van der Waals surface area contributed by atoms with Crippen molar-refractivity contribution in [1.29, 1.82) is 0 Å². The van der Waals surface area contributed by atoms with Crippen LogP contribution >= 0.6 is 0 Å². The van der Waals surface area contributed by atoms with E-state index in [-0.39, 0.29) is 0 Å². The van der Waals surface area contributed by atoms with Gasteiger partial charge in [0.1, 0.15) is 0 Å². The Balaban J connectivity index is 0.000000159. The van der Waals surface area contributed by atoms with Gasteiger partial charge >= 0.3 is 0 Å². The normalized spacial score (nSPS) is 13.7. The van der Waals surface area contributed by atoms with Gasteiger partial charge in [0.25, 0.3) is 0 Å². The molecule has 0 aromatic carbocycles. The summed E-state index contributed by atoms with van der Waals surface area (Å²) in [4.78, 5) is 10.9. The van der Waals surface area contributed by atoms with Gasteiger partial charge in [-0.2, -0.15) is 0 Å². The SMILES string of the molecule is C1CC1.c1cnc2nc[nH]c2c1. The molecule has 12 heavy (non-hydrogen) atoms. The molecule has 3 heteroatoms. The number of imidazole rings is 1. The lowest BCUT2D eigenvalue weighted by Gasteiger charge is -1.80. The number of pyridine rings is 1. The molecule has 2 aromatic rings. The Kier molecular flexibility index (Phi) is 2.03. The lowest BCUT2D eigenvalue weighted by Crippen LogP contribution is -1.71. The quantitative estimate of drug-likeness (QED) is 0.643. The lowest BCUT2D eigenvalue weighted by atomic mass is 10.4. The van der Waals surface area contributed by atoms with Gasteiger partial charge in [0.15, 0.2) is 5.65 Å². The first-order chi connectivity index (χ1) is 5.97. The summed E-state index contributed by atoms with van der Waals surface area (Å²) in [6.07, 6.45) is 7.86. The van der Waals surface area contributed by atoms with Crippen LogP contribution < -0.4 is 0 Å². The van der Waals surface area contributed by atoms with Crippen LogP contribution in [-0.4, -0.2) is 15.0 Å². The molecule has 3 nitrogen and oxygen atoms in total. The summed E-state index contributed by atoms with van der Waals surface area (Å²) in [5.41, 5.74) is 1.76. The number of nitrogens with zero attached hydrogens (tertiary/aromatic N) is 2. The topological polar surface area (TPSA) is 41.6 Å². The highest BCUT2D eigenvalue weighted by Crippen LogP contribution is 2.14. The molecule has 0 spiro atoms. The Morgan fingerprint density at radius 3 is 2.67 bits per heavy atom. The van der Waals surface area contributed by atoms with Crippen molar-refractivity contribution in [1.82, 2.24) is 15.0 Å². The Morgan fingerprint density at radius 1 is 1.17 bits per heavy atom. The first kappa shape index (κ1) is 7.28.